The highest BCUT2D eigenvalue weighted by Gasteiger charge is 2.31. The van der Waals surface area contributed by atoms with Gasteiger partial charge < -0.3 is 4.74 Å². The van der Waals surface area contributed by atoms with Gasteiger partial charge in [0.15, 0.2) is 5.82 Å². The van der Waals surface area contributed by atoms with Crippen molar-refractivity contribution in [2.45, 2.75) is 25.7 Å². The number of thiocarbonyl (C=S) groups is 1. The van der Waals surface area contributed by atoms with E-state index in [0.717, 1.165) is 42.1 Å². The van der Waals surface area contributed by atoms with Crippen LogP contribution in [-0.4, -0.2) is 73.4 Å². The molecule has 2 aliphatic rings. The van der Waals surface area contributed by atoms with E-state index in [0.29, 0.717) is 51.1 Å². The molecule has 1 aromatic heterocycles. The first-order valence-corrected chi connectivity index (χ1v) is 14.4. The molecule has 0 bridgehead atoms. The first-order valence-electron chi connectivity index (χ1n) is 12.4. The van der Waals surface area contributed by atoms with Crippen LogP contribution < -0.4 is 4.74 Å². The number of carbonyl (C=O) groups is 1. The van der Waals surface area contributed by atoms with Crippen LogP contribution in [0.25, 0.3) is 17.2 Å². The van der Waals surface area contributed by atoms with Crippen LogP contribution in [0.15, 0.2) is 41.3 Å². The summed E-state index contributed by atoms with van der Waals surface area (Å²) in [7, 11) is 0. The van der Waals surface area contributed by atoms with Crippen LogP contribution in [-0.2, 0) is 11.2 Å². The molecule has 2 aromatic carbocycles. The first kappa shape index (κ1) is 27.1. The van der Waals surface area contributed by atoms with Crippen LogP contribution in [0.1, 0.15) is 30.7 Å². The summed E-state index contributed by atoms with van der Waals surface area (Å²) in [5.74, 6) is 1.24. The minimum Gasteiger partial charge on any atom is -0.492 e. The molecule has 5 rings (SSSR count). The molecule has 8 nitrogen and oxygen atoms in total. The number of rotatable bonds is 10. The number of aryl methyl sites for hydroxylation is 1. The van der Waals surface area contributed by atoms with Gasteiger partial charge in [-0.2, -0.15) is 5.21 Å². The van der Waals surface area contributed by atoms with Gasteiger partial charge in [0.1, 0.15) is 16.7 Å². The van der Waals surface area contributed by atoms with Crippen molar-refractivity contribution in [1.82, 2.24) is 30.4 Å². The summed E-state index contributed by atoms with van der Waals surface area (Å²) in [6, 6.07) is 11.3. The van der Waals surface area contributed by atoms with Crippen LogP contribution in [0.3, 0.4) is 0 Å². The Bertz CT molecular complexity index is 1350. The van der Waals surface area contributed by atoms with Crippen molar-refractivity contribution < 1.29 is 9.53 Å². The second-order valence-electron chi connectivity index (χ2n) is 9.04. The largest absolute Gasteiger partial charge is 0.492 e. The van der Waals surface area contributed by atoms with Crippen LogP contribution in [0.5, 0.6) is 5.75 Å². The van der Waals surface area contributed by atoms with Crippen molar-refractivity contribution >= 4 is 63.5 Å². The Morgan fingerprint density at radius 2 is 1.95 bits per heavy atom. The maximum absolute atomic E-state index is 13.1. The van der Waals surface area contributed by atoms with E-state index < -0.39 is 0 Å². The molecule has 198 valence electrons. The molecule has 0 radical (unpaired) electrons. The van der Waals surface area contributed by atoms with Crippen molar-refractivity contribution in [3.05, 3.63) is 62.7 Å². The van der Waals surface area contributed by atoms with E-state index in [4.69, 9.17) is 40.2 Å². The molecule has 1 amide bonds. The molecule has 3 heterocycles. The van der Waals surface area contributed by atoms with Crippen molar-refractivity contribution in [3.8, 4) is 16.9 Å². The van der Waals surface area contributed by atoms with Gasteiger partial charge in [0.2, 0.25) is 0 Å². The average Bonchev–Trinajstić information content (AvgIpc) is 3.65. The van der Waals surface area contributed by atoms with E-state index in [1.807, 2.05) is 36.4 Å². The number of likely N-dealkylation sites (tertiary alicyclic amines) is 1. The van der Waals surface area contributed by atoms with E-state index in [1.54, 1.807) is 11.0 Å². The fourth-order valence-corrected chi connectivity index (χ4v) is 6.32. The maximum atomic E-state index is 13.1. The summed E-state index contributed by atoms with van der Waals surface area (Å²) >= 11 is 19.5. The third-order valence-electron chi connectivity index (χ3n) is 6.43. The Morgan fingerprint density at radius 3 is 2.71 bits per heavy atom. The molecule has 2 aliphatic heterocycles. The average molecular weight is 590 g/mol. The number of nitrogens with zero attached hydrogens (tertiary/aromatic N) is 5. The molecule has 2 saturated heterocycles. The molecule has 0 unspecified atom stereocenters. The fraction of sp³-hybridized carbons (Fsp3) is 0.346. The standard InChI is InChI=1S/C26H26Cl2N6O2S2/c27-18-6-7-19(21(28)16-18)20-14-17(5-8-22(20)36-13-12-33-9-1-2-10-33)15-23-25(35)34(26(37)38-23)11-3-4-24-29-31-32-30-24/h5-8,14-16H,1-4,9-13H2,(H,29,30,31,32)/b23-15-. The number of aromatic amines is 1. The number of thioether (sulfide) groups is 1. The number of halogens is 2. The quantitative estimate of drug-likeness (QED) is 0.246. The van der Waals surface area contributed by atoms with Gasteiger partial charge in [-0.05, 0) is 68.3 Å². The first-order chi connectivity index (χ1) is 18.5. The predicted octanol–water partition coefficient (Wildman–Crippen LogP) is 5.48. The number of benzene rings is 2. The Morgan fingerprint density at radius 1 is 1.11 bits per heavy atom. The zero-order valence-electron chi connectivity index (χ0n) is 20.5. The van der Waals surface area contributed by atoms with Gasteiger partial charge in [0, 0.05) is 35.7 Å². The van der Waals surface area contributed by atoms with Gasteiger partial charge in [-0.1, -0.05) is 64.5 Å². The van der Waals surface area contributed by atoms with E-state index in [2.05, 4.69) is 25.5 Å². The lowest BCUT2D eigenvalue weighted by Gasteiger charge is -2.17. The summed E-state index contributed by atoms with van der Waals surface area (Å²) in [5, 5.41) is 15.0. The molecule has 3 aromatic rings. The highest BCUT2D eigenvalue weighted by Crippen LogP contribution is 2.39. The fourth-order valence-electron chi connectivity index (χ4n) is 4.50. The topological polar surface area (TPSA) is 87.2 Å². The number of aromatic nitrogens is 4. The zero-order chi connectivity index (χ0) is 26.5. The van der Waals surface area contributed by atoms with Gasteiger partial charge in [-0.25, -0.2) is 0 Å². The monoisotopic (exact) mass is 588 g/mol. The van der Waals surface area contributed by atoms with E-state index >= 15 is 0 Å². The van der Waals surface area contributed by atoms with Gasteiger partial charge in [0.25, 0.3) is 5.91 Å². The lowest BCUT2D eigenvalue weighted by molar-refractivity contribution is -0.122. The predicted molar refractivity (Wildman–Crippen MR) is 155 cm³/mol. The number of H-pyrrole nitrogens is 1. The normalized spacial score (nSPS) is 17.2. The maximum Gasteiger partial charge on any atom is 0.266 e. The Labute approximate surface area is 240 Å². The third kappa shape index (κ3) is 6.55. The Kier molecular flexibility index (Phi) is 8.96. The summed E-state index contributed by atoms with van der Waals surface area (Å²) in [5.41, 5.74) is 2.51. The number of amides is 1. The summed E-state index contributed by atoms with van der Waals surface area (Å²) < 4.78 is 6.76. The highest BCUT2D eigenvalue weighted by molar-refractivity contribution is 8.26. The second kappa shape index (κ2) is 12.6. The third-order valence-corrected chi connectivity index (χ3v) is 8.36. The zero-order valence-corrected chi connectivity index (χ0v) is 23.7. The SMILES string of the molecule is O=C1/C(=C/c2ccc(OCCN3CCCC3)c(-c3ccc(Cl)cc3Cl)c2)SC(=S)N1CCCc1nn[nH]n1. The number of carbonyl (C=O) groups excluding carboxylic acids is 1. The van der Waals surface area contributed by atoms with Crippen molar-refractivity contribution in [2.75, 3.05) is 32.8 Å². The van der Waals surface area contributed by atoms with Gasteiger partial charge >= 0.3 is 0 Å². The molecule has 2 fully saturated rings. The van der Waals surface area contributed by atoms with Gasteiger partial charge in [-0.15, -0.1) is 10.2 Å². The van der Waals surface area contributed by atoms with Crippen LogP contribution in [0.4, 0.5) is 0 Å². The Hall–Kier alpha value is -2.50. The molecule has 0 atom stereocenters. The van der Waals surface area contributed by atoms with Crippen LogP contribution in [0.2, 0.25) is 10.0 Å². The van der Waals surface area contributed by atoms with Crippen molar-refractivity contribution in [1.29, 1.82) is 0 Å². The summed E-state index contributed by atoms with van der Waals surface area (Å²) in [6.45, 7) is 4.19. The molecule has 0 saturated carbocycles. The van der Waals surface area contributed by atoms with Crippen molar-refractivity contribution in [3.63, 3.8) is 0 Å². The van der Waals surface area contributed by atoms with E-state index in [1.165, 1.54) is 24.6 Å². The minimum absolute atomic E-state index is 0.106. The lowest BCUT2D eigenvalue weighted by atomic mass is 10.0. The molecular formula is C26H26Cl2N6O2S2. The molecular weight excluding hydrogens is 563 g/mol. The number of ether oxygens (including phenoxy) is 1. The van der Waals surface area contributed by atoms with E-state index in [9.17, 15) is 4.79 Å². The Balaban J connectivity index is 1.34. The lowest BCUT2D eigenvalue weighted by Crippen LogP contribution is -2.29. The molecule has 0 aliphatic carbocycles. The molecule has 1 N–H and O–H groups in total. The molecule has 38 heavy (non-hydrogen) atoms. The molecule has 0 spiro atoms. The highest BCUT2D eigenvalue weighted by atomic mass is 35.5. The van der Waals surface area contributed by atoms with Crippen LogP contribution in [0, 0.1) is 0 Å². The number of nitrogens with one attached hydrogen (secondary N) is 1. The summed E-state index contributed by atoms with van der Waals surface area (Å²) in [6.07, 6.45) is 5.63. The number of tetrazole rings is 1. The number of hydrogen-bond donors (Lipinski definition) is 1. The smallest absolute Gasteiger partial charge is 0.266 e. The van der Waals surface area contributed by atoms with Gasteiger partial charge in [0.05, 0.1) is 9.93 Å². The number of hydrogen-bond acceptors (Lipinski definition) is 8. The second-order valence-corrected chi connectivity index (χ2v) is 11.6. The van der Waals surface area contributed by atoms with E-state index in [-0.39, 0.29) is 5.91 Å². The summed E-state index contributed by atoms with van der Waals surface area (Å²) in [4.78, 5) is 17.7. The van der Waals surface area contributed by atoms with Gasteiger partial charge in [-0.3, -0.25) is 14.6 Å². The minimum atomic E-state index is -0.106. The molecule has 12 heteroatoms. The van der Waals surface area contributed by atoms with Crippen LogP contribution >= 0.6 is 47.2 Å². The van der Waals surface area contributed by atoms with Crippen molar-refractivity contribution in [2.24, 2.45) is 0 Å².